The Kier molecular flexibility index (Phi) is 8.86. The van der Waals surface area contributed by atoms with Gasteiger partial charge in [0.05, 0.1) is 37.6 Å². The first-order chi connectivity index (χ1) is 17.0. The van der Waals surface area contributed by atoms with E-state index < -0.39 is 16.1 Å². The summed E-state index contributed by atoms with van der Waals surface area (Å²) < 4.78 is 39.4. The van der Waals surface area contributed by atoms with Gasteiger partial charge in [0.15, 0.2) is 0 Å². The van der Waals surface area contributed by atoms with Crippen LogP contribution in [-0.4, -0.2) is 88.7 Å². The lowest BCUT2D eigenvalue weighted by atomic mass is 10.0. The Balaban J connectivity index is 1.96. The highest BCUT2D eigenvalue weighted by Crippen LogP contribution is 2.30. The maximum atomic E-state index is 13.3. The highest BCUT2D eigenvalue weighted by molar-refractivity contribution is 7.89. The summed E-state index contributed by atoms with van der Waals surface area (Å²) in [6.07, 6.45) is -0.410. The molecule has 36 heavy (non-hydrogen) atoms. The van der Waals surface area contributed by atoms with Crippen LogP contribution < -0.4 is 14.4 Å². The number of carbonyl (C=O) groups is 1. The fourth-order valence-electron chi connectivity index (χ4n) is 4.19. The van der Waals surface area contributed by atoms with Gasteiger partial charge in [-0.3, -0.25) is 4.79 Å². The van der Waals surface area contributed by atoms with E-state index in [0.29, 0.717) is 18.0 Å². The number of ether oxygens (including phenoxy) is 2. The van der Waals surface area contributed by atoms with Gasteiger partial charge in [-0.25, -0.2) is 8.42 Å². The molecule has 1 N–H and O–H groups in total. The summed E-state index contributed by atoms with van der Waals surface area (Å²) in [7, 11) is 3.10. The Labute approximate surface area is 214 Å². The molecular weight excluding hydrogens is 482 g/mol. The van der Waals surface area contributed by atoms with Crippen molar-refractivity contribution in [1.82, 2.24) is 9.21 Å². The quantitative estimate of drug-likeness (QED) is 0.571. The molecule has 0 radical (unpaired) electrons. The lowest BCUT2D eigenvalue weighted by molar-refractivity contribution is -0.134. The van der Waals surface area contributed by atoms with Crippen LogP contribution in [0.15, 0.2) is 47.4 Å². The van der Waals surface area contributed by atoms with Crippen molar-refractivity contribution < 1.29 is 27.8 Å². The van der Waals surface area contributed by atoms with E-state index in [1.165, 1.54) is 30.6 Å². The number of fused-ring (bicyclic) bond motifs is 1. The average molecular weight is 520 g/mol. The van der Waals surface area contributed by atoms with Crippen molar-refractivity contribution in [1.29, 1.82) is 0 Å². The molecule has 1 aliphatic rings. The number of amides is 1. The molecule has 3 atom stereocenters. The SMILES string of the molecule is COc1ccc(S(=O)(=O)N(C)C[C@H]2Oc3ccc(N(C)C)cc3CC(=O)N([C@@H](C)CO)C[C@H]2C)cc1. The van der Waals surface area contributed by atoms with E-state index in [4.69, 9.17) is 9.47 Å². The predicted octanol–water partition coefficient (Wildman–Crippen LogP) is 2.23. The summed E-state index contributed by atoms with van der Waals surface area (Å²) in [5.41, 5.74) is 1.65. The van der Waals surface area contributed by atoms with E-state index in [0.717, 1.165) is 11.3 Å². The van der Waals surface area contributed by atoms with Crippen LogP contribution in [0.25, 0.3) is 0 Å². The van der Waals surface area contributed by atoms with Crippen LogP contribution in [0, 0.1) is 5.92 Å². The molecule has 0 unspecified atom stereocenters. The second-order valence-corrected chi connectivity index (χ2v) is 11.6. The normalized spacial score (nSPS) is 19.6. The fourth-order valence-corrected chi connectivity index (χ4v) is 5.37. The molecule has 10 heteroatoms. The van der Waals surface area contributed by atoms with Crippen molar-refractivity contribution in [3.63, 3.8) is 0 Å². The van der Waals surface area contributed by atoms with Gasteiger partial charge in [-0.2, -0.15) is 4.31 Å². The van der Waals surface area contributed by atoms with Crippen molar-refractivity contribution in [2.75, 3.05) is 52.8 Å². The van der Waals surface area contributed by atoms with Crippen molar-refractivity contribution in [3.05, 3.63) is 48.0 Å². The molecule has 1 heterocycles. The van der Waals surface area contributed by atoms with Crippen LogP contribution in [0.4, 0.5) is 5.69 Å². The Morgan fingerprint density at radius 2 is 1.83 bits per heavy atom. The molecular formula is C26H37N3O6S. The number of benzene rings is 2. The minimum absolute atomic E-state index is 0.0833. The number of hydrogen-bond donors (Lipinski definition) is 1. The maximum Gasteiger partial charge on any atom is 0.242 e. The van der Waals surface area contributed by atoms with Gasteiger partial charge in [0.2, 0.25) is 15.9 Å². The Morgan fingerprint density at radius 3 is 2.42 bits per heavy atom. The summed E-state index contributed by atoms with van der Waals surface area (Å²) in [4.78, 5) is 17.0. The van der Waals surface area contributed by atoms with E-state index in [1.54, 1.807) is 24.0 Å². The highest BCUT2D eigenvalue weighted by Gasteiger charge is 2.33. The number of aliphatic hydroxyl groups is 1. The molecule has 1 aliphatic heterocycles. The van der Waals surface area contributed by atoms with Crippen LogP contribution in [0.3, 0.4) is 0 Å². The van der Waals surface area contributed by atoms with E-state index in [-0.39, 0.29) is 42.3 Å². The first kappa shape index (κ1) is 27.8. The third kappa shape index (κ3) is 6.11. The molecule has 2 aromatic carbocycles. The predicted molar refractivity (Wildman–Crippen MR) is 139 cm³/mol. The van der Waals surface area contributed by atoms with Crippen LogP contribution >= 0.6 is 0 Å². The smallest absolute Gasteiger partial charge is 0.242 e. The number of carbonyl (C=O) groups excluding carboxylic acids is 1. The average Bonchev–Trinajstić information content (AvgIpc) is 2.90. The van der Waals surface area contributed by atoms with E-state index >= 15 is 0 Å². The Hall–Kier alpha value is -2.82. The molecule has 0 bridgehead atoms. The molecule has 3 rings (SSSR count). The van der Waals surface area contributed by atoms with Gasteiger partial charge in [0.1, 0.15) is 17.6 Å². The molecule has 0 spiro atoms. The molecule has 0 aliphatic carbocycles. The summed E-state index contributed by atoms with van der Waals surface area (Å²) in [5.74, 6) is 0.806. The number of nitrogens with zero attached hydrogens (tertiary/aromatic N) is 3. The van der Waals surface area contributed by atoms with Crippen LogP contribution in [0.5, 0.6) is 11.5 Å². The third-order valence-corrected chi connectivity index (χ3v) is 8.46. The molecule has 198 valence electrons. The lowest BCUT2D eigenvalue weighted by Crippen LogP contribution is -2.48. The summed E-state index contributed by atoms with van der Waals surface area (Å²) in [6, 6.07) is 11.5. The van der Waals surface area contributed by atoms with Crippen molar-refractivity contribution in [3.8, 4) is 11.5 Å². The van der Waals surface area contributed by atoms with E-state index in [1.807, 2.05) is 44.1 Å². The van der Waals surface area contributed by atoms with Gasteiger partial charge in [0.25, 0.3) is 0 Å². The lowest BCUT2D eigenvalue weighted by Gasteiger charge is -2.33. The molecule has 0 aromatic heterocycles. The number of rotatable bonds is 8. The third-order valence-electron chi connectivity index (χ3n) is 6.62. The molecule has 0 saturated carbocycles. The fraction of sp³-hybridized carbons (Fsp3) is 0.500. The van der Waals surface area contributed by atoms with Crippen molar-refractivity contribution >= 4 is 21.6 Å². The van der Waals surface area contributed by atoms with Gasteiger partial charge in [0, 0.05) is 44.9 Å². The molecule has 0 saturated heterocycles. The van der Waals surface area contributed by atoms with Gasteiger partial charge in [-0.05, 0) is 49.4 Å². The van der Waals surface area contributed by atoms with Gasteiger partial charge >= 0.3 is 0 Å². The van der Waals surface area contributed by atoms with Gasteiger partial charge in [-0.15, -0.1) is 0 Å². The second-order valence-electron chi connectivity index (χ2n) is 9.54. The summed E-state index contributed by atoms with van der Waals surface area (Å²) in [6.45, 7) is 3.98. The number of anilines is 1. The van der Waals surface area contributed by atoms with Crippen LogP contribution in [-0.2, 0) is 21.2 Å². The number of sulfonamides is 1. The molecule has 9 nitrogen and oxygen atoms in total. The van der Waals surface area contributed by atoms with Gasteiger partial charge in [-0.1, -0.05) is 6.92 Å². The first-order valence-corrected chi connectivity index (χ1v) is 13.4. The summed E-state index contributed by atoms with van der Waals surface area (Å²) in [5, 5.41) is 9.79. The van der Waals surface area contributed by atoms with Crippen LogP contribution in [0.1, 0.15) is 19.4 Å². The monoisotopic (exact) mass is 519 g/mol. The number of aliphatic hydroxyl groups excluding tert-OH is 1. The second kappa shape index (κ2) is 11.5. The number of likely N-dealkylation sites (N-methyl/N-ethyl adjacent to an activating group) is 1. The summed E-state index contributed by atoms with van der Waals surface area (Å²) >= 11 is 0. The van der Waals surface area contributed by atoms with Gasteiger partial charge < -0.3 is 24.4 Å². The maximum absolute atomic E-state index is 13.3. The zero-order chi connectivity index (χ0) is 26.6. The first-order valence-electron chi connectivity index (χ1n) is 12.0. The highest BCUT2D eigenvalue weighted by atomic mass is 32.2. The molecule has 0 fully saturated rings. The topological polar surface area (TPSA) is 99.6 Å². The van der Waals surface area contributed by atoms with Crippen molar-refractivity contribution in [2.24, 2.45) is 5.92 Å². The number of methoxy groups -OCH3 is 1. The zero-order valence-corrected chi connectivity index (χ0v) is 22.7. The molecule has 1 amide bonds. The minimum atomic E-state index is -3.79. The largest absolute Gasteiger partial charge is 0.497 e. The Morgan fingerprint density at radius 1 is 1.17 bits per heavy atom. The number of hydrogen-bond acceptors (Lipinski definition) is 7. The standard InChI is InChI=1S/C26H37N3O6S/c1-18-15-29(19(2)17-30)26(31)14-20-13-21(27(3)4)7-12-24(20)35-25(18)16-28(5)36(32,33)23-10-8-22(34-6)9-11-23/h7-13,18-19,25,30H,14-17H2,1-6H3/t18-,19+,25-/m1/s1. The molecule has 2 aromatic rings. The van der Waals surface area contributed by atoms with E-state index in [2.05, 4.69) is 0 Å². The van der Waals surface area contributed by atoms with Crippen molar-refractivity contribution in [2.45, 2.75) is 37.3 Å². The zero-order valence-electron chi connectivity index (χ0n) is 21.8. The van der Waals surface area contributed by atoms with E-state index in [9.17, 15) is 18.3 Å². The van der Waals surface area contributed by atoms with Crippen LogP contribution in [0.2, 0.25) is 0 Å². The minimum Gasteiger partial charge on any atom is -0.497 e. The Bertz CT molecular complexity index is 1150.